The lowest BCUT2D eigenvalue weighted by molar-refractivity contribution is 0.233. The zero-order valence-corrected chi connectivity index (χ0v) is 56.4. The molecule has 0 radical (unpaired) electrons. The standard InChI is InChI=1S/C41H39BrO2.C33H33BrO2.C8H7Br/c1-3-5-8-28(4-2)27-43-34-20-14-31(15-21-34)41(39-10-7-6-9-37(39)38-24-18-33(42)26-40(38)41)32-16-22-35(23-17-32)44-36-19-13-29-11-12-30(29)25-36;1-3-5-8-23(4-2)22-36-28-18-13-25(14-19-28)33(24-11-16-27(35)17-12-24)31-10-7-6-9-29(31)30-20-15-26(34)21-32(30)33;9-8-4-3-6-1-2-7(6)5-8/h6-7,9-10,13-26,28H,3-5,8,11-12,27H2,1-2H3;6-7,9-21,23,35H,3-5,8,22H2,1-2H3;3-5H,1-2H2. The van der Waals surface area contributed by atoms with Crippen LogP contribution >= 0.6 is 47.8 Å². The molecule has 4 nitrogen and oxygen atoms in total. The van der Waals surface area contributed by atoms with Gasteiger partial charge in [0.2, 0.25) is 0 Å². The smallest absolute Gasteiger partial charge is 0.127 e. The van der Waals surface area contributed by atoms with E-state index in [0.29, 0.717) is 11.8 Å². The van der Waals surface area contributed by atoms with Crippen molar-refractivity contribution >= 4 is 47.8 Å². The topological polar surface area (TPSA) is 47.9 Å². The molecule has 0 aliphatic heterocycles. The maximum absolute atomic E-state index is 10.1. The van der Waals surface area contributed by atoms with E-state index < -0.39 is 10.8 Å². The van der Waals surface area contributed by atoms with Crippen molar-refractivity contribution in [2.24, 2.45) is 11.8 Å². The third kappa shape index (κ3) is 12.7. The van der Waals surface area contributed by atoms with E-state index in [1.54, 1.807) is 12.1 Å². The predicted octanol–water partition coefficient (Wildman–Crippen LogP) is 23.0. The lowest BCUT2D eigenvalue weighted by Gasteiger charge is -2.34. The van der Waals surface area contributed by atoms with Gasteiger partial charge in [-0.1, -0.05) is 235 Å². The summed E-state index contributed by atoms with van der Waals surface area (Å²) in [4.78, 5) is 0. The van der Waals surface area contributed by atoms with Crippen molar-refractivity contribution in [1.82, 2.24) is 0 Å². The second-order valence-corrected chi connectivity index (χ2v) is 27.2. The maximum atomic E-state index is 10.1. The van der Waals surface area contributed by atoms with E-state index in [1.807, 2.05) is 12.1 Å². The quantitative estimate of drug-likeness (QED) is 0.0826. The molecule has 0 heterocycles. The van der Waals surface area contributed by atoms with Crippen LogP contribution in [0.25, 0.3) is 22.3 Å². The molecule has 0 spiro atoms. The van der Waals surface area contributed by atoms with Crippen molar-refractivity contribution in [3.05, 3.63) is 299 Å². The Balaban J connectivity index is 0.000000153. The van der Waals surface area contributed by atoms with Gasteiger partial charge in [-0.3, -0.25) is 0 Å². The van der Waals surface area contributed by atoms with E-state index in [9.17, 15) is 5.11 Å². The summed E-state index contributed by atoms with van der Waals surface area (Å²) < 4.78 is 22.3. The number of hydrogen-bond donors (Lipinski definition) is 1. The minimum Gasteiger partial charge on any atom is -0.508 e. The minimum absolute atomic E-state index is 0.270. The third-order valence-corrected chi connectivity index (χ3v) is 20.6. The van der Waals surface area contributed by atoms with Gasteiger partial charge in [0.15, 0.2) is 0 Å². The molecule has 4 unspecified atom stereocenters. The van der Waals surface area contributed by atoms with Gasteiger partial charge in [0.1, 0.15) is 28.7 Å². The number of hydrogen-bond acceptors (Lipinski definition) is 4. The fourth-order valence-corrected chi connectivity index (χ4v) is 15.1. The first-order chi connectivity index (χ1) is 43.5. The average molecular weight is 1370 g/mol. The van der Waals surface area contributed by atoms with E-state index in [0.717, 1.165) is 70.0 Å². The lowest BCUT2D eigenvalue weighted by atomic mass is 9.68. The highest BCUT2D eigenvalue weighted by atomic mass is 79.9. The van der Waals surface area contributed by atoms with Crippen molar-refractivity contribution in [1.29, 1.82) is 0 Å². The molecule has 0 aromatic heterocycles. The molecular formula is C82H79Br3O4. The normalized spacial score (nSPS) is 16.6. The van der Waals surface area contributed by atoms with Gasteiger partial charge in [0.25, 0.3) is 0 Å². The van der Waals surface area contributed by atoms with Crippen LogP contribution in [-0.4, -0.2) is 18.3 Å². The van der Waals surface area contributed by atoms with Gasteiger partial charge in [-0.2, -0.15) is 0 Å². The largest absolute Gasteiger partial charge is 0.508 e. The van der Waals surface area contributed by atoms with Gasteiger partial charge in [-0.05, 0) is 236 Å². The van der Waals surface area contributed by atoms with Crippen LogP contribution in [-0.2, 0) is 36.5 Å². The van der Waals surface area contributed by atoms with Crippen molar-refractivity contribution in [2.45, 2.75) is 116 Å². The molecule has 0 amide bonds. The molecule has 0 fully saturated rings. The van der Waals surface area contributed by atoms with E-state index in [-0.39, 0.29) is 5.75 Å². The second-order valence-electron chi connectivity index (χ2n) is 24.5. The first-order valence-electron chi connectivity index (χ1n) is 32.3. The zero-order chi connectivity index (χ0) is 61.5. The van der Waals surface area contributed by atoms with Crippen LogP contribution in [0, 0.1) is 11.8 Å². The minimum atomic E-state index is -0.491. The van der Waals surface area contributed by atoms with E-state index in [2.05, 4.69) is 270 Å². The zero-order valence-electron chi connectivity index (χ0n) is 51.6. The van der Waals surface area contributed by atoms with Crippen LogP contribution in [0.1, 0.15) is 146 Å². The molecule has 89 heavy (non-hydrogen) atoms. The second kappa shape index (κ2) is 27.9. The van der Waals surface area contributed by atoms with Crippen LogP contribution in [0.5, 0.6) is 28.7 Å². The molecule has 452 valence electrons. The fourth-order valence-electron chi connectivity index (χ4n) is 13.9. The highest BCUT2D eigenvalue weighted by Gasteiger charge is 2.48. The van der Waals surface area contributed by atoms with Gasteiger partial charge < -0.3 is 19.3 Å². The van der Waals surface area contributed by atoms with Crippen molar-refractivity contribution in [3.8, 4) is 51.0 Å². The third-order valence-electron chi connectivity index (χ3n) is 19.1. The van der Waals surface area contributed by atoms with Gasteiger partial charge in [0.05, 0.1) is 24.0 Å². The molecule has 14 rings (SSSR count). The van der Waals surface area contributed by atoms with Crippen LogP contribution < -0.4 is 14.2 Å². The van der Waals surface area contributed by atoms with Crippen LogP contribution in [0.2, 0.25) is 0 Å². The molecule has 1 N–H and O–H groups in total. The van der Waals surface area contributed by atoms with E-state index >= 15 is 0 Å². The molecule has 0 saturated heterocycles. The first-order valence-corrected chi connectivity index (χ1v) is 34.6. The Hall–Kier alpha value is -7.16. The Kier molecular flexibility index (Phi) is 19.5. The van der Waals surface area contributed by atoms with Crippen molar-refractivity contribution in [2.75, 3.05) is 13.2 Å². The van der Waals surface area contributed by atoms with Gasteiger partial charge in [-0.25, -0.2) is 0 Å². The number of halogens is 3. The number of aromatic hydroxyl groups is 1. The molecule has 10 aromatic carbocycles. The summed E-state index contributed by atoms with van der Waals surface area (Å²) in [5.41, 5.74) is 19.8. The fraction of sp³-hybridized carbons (Fsp3) is 0.268. The van der Waals surface area contributed by atoms with Crippen molar-refractivity contribution < 1.29 is 19.3 Å². The number of fused-ring (bicyclic) bond motifs is 8. The molecule has 4 aliphatic carbocycles. The monoisotopic (exact) mass is 1360 g/mol. The molecule has 7 heteroatoms. The van der Waals surface area contributed by atoms with Crippen LogP contribution in [0.4, 0.5) is 0 Å². The van der Waals surface area contributed by atoms with Crippen LogP contribution in [0.15, 0.2) is 232 Å². The SMILES string of the molecule is Brc1ccc2c(c1)CC2.CCCCC(CC)COc1ccc(C2(c3ccc(O)cc3)c3ccccc3-c3ccc(Br)cc32)cc1.CCCCC(CC)COc1ccc(C2(c3ccc(Oc4ccc5c(c4)CC5)cc3)c3ccccc3-c3ccc(Br)cc32)cc1. The summed E-state index contributed by atoms with van der Waals surface area (Å²) >= 11 is 11.0. The van der Waals surface area contributed by atoms with Gasteiger partial charge in [-0.15, -0.1) is 0 Å². The highest BCUT2D eigenvalue weighted by molar-refractivity contribution is 9.11. The summed E-state index contributed by atoms with van der Waals surface area (Å²) in [6.45, 7) is 10.6. The Labute approximate surface area is 553 Å². The molecule has 0 bridgehead atoms. The summed E-state index contributed by atoms with van der Waals surface area (Å²) in [5.74, 6) is 5.06. The number of unbranched alkanes of at least 4 members (excludes halogenated alkanes) is 2. The number of ether oxygens (including phenoxy) is 3. The van der Waals surface area contributed by atoms with Crippen LogP contribution in [0.3, 0.4) is 0 Å². The summed E-state index contributed by atoms with van der Waals surface area (Å²) in [5, 5.41) is 10.1. The number of phenols is 1. The average Bonchev–Trinajstić information content (AvgIpc) is 1.58. The summed E-state index contributed by atoms with van der Waals surface area (Å²) in [6, 6.07) is 77.7. The number of benzene rings is 10. The van der Waals surface area contributed by atoms with Gasteiger partial charge in [0, 0.05) is 13.4 Å². The first kappa shape index (κ1) is 62.1. The predicted molar refractivity (Wildman–Crippen MR) is 378 cm³/mol. The van der Waals surface area contributed by atoms with E-state index in [4.69, 9.17) is 14.2 Å². The Morgan fingerprint density at radius 1 is 0.371 bits per heavy atom. The highest BCUT2D eigenvalue weighted by Crippen LogP contribution is 2.59. The maximum Gasteiger partial charge on any atom is 0.127 e. The molecule has 4 aliphatic rings. The Bertz CT molecular complexity index is 4060. The molecular weight excluding hydrogens is 1290 g/mol. The Morgan fingerprint density at radius 2 is 0.742 bits per heavy atom. The van der Waals surface area contributed by atoms with E-state index in [1.165, 1.54) is 146 Å². The summed E-state index contributed by atoms with van der Waals surface area (Å²) in [6.07, 6.45) is 14.6. The summed E-state index contributed by atoms with van der Waals surface area (Å²) in [7, 11) is 0. The molecule has 10 aromatic rings. The lowest BCUT2D eigenvalue weighted by Crippen LogP contribution is -2.28. The molecule has 4 atom stereocenters. The number of rotatable bonds is 20. The van der Waals surface area contributed by atoms with Gasteiger partial charge >= 0.3 is 0 Å². The Morgan fingerprint density at radius 3 is 1.15 bits per heavy atom. The molecule has 0 saturated carbocycles. The number of aryl methyl sites for hydroxylation is 4. The van der Waals surface area contributed by atoms with Crippen molar-refractivity contribution in [3.63, 3.8) is 0 Å². The number of phenolic OH excluding ortho intramolecular Hbond substituents is 1.